The van der Waals surface area contributed by atoms with Gasteiger partial charge in [-0.25, -0.2) is 4.98 Å². The van der Waals surface area contributed by atoms with Gasteiger partial charge >= 0.3 is 5.97 Å². The number of halogens is 1. The van der Waals surface area contributed by atoms with E-state index in [9.17, 15) is 4.79 Å². The lowest BCUT2D eigenvalue weighted by molar-refractivity contribution is -0.135. The standard InChI is InChI=1S/C8H10BrN3O3/c1-12(4-6(13)14)8-10-3-5(9)7(11-8)15-2/h3H,4H2,1-2H3,(H,13,14). The SMILES string of the molecule is COc1nc(N(C)CC(=O)O)ncc1Br. The van der Waals surface area contributed by atoms with Gasteiger partial charge in [-0.2, -0.15) is 4.98 Å². The summed E-state index contributed by atoms with van der Waals surface area (Å²) >= 11 is 3.21. The fourth-order valence-corrected chi connectivity index (χ4v) is 1.30. The fourth-order valence-electron chi connectivity index (χ4n) is 0.943. The van der Waals surface area contributed by atoms with Gasteiger partial charge in [0.05, 0.1) is 17.8 Å². The van der Waals surface area contributed by atoms with E-state index in [1.807, 2.05) is 0 Å². The van der Waals surface area contributed by atoms with E-state index in [1.54, 1.807) is 7.05 Å². The minimum atomic E-state index is -0.942. The number of carboxylic acids is 1. The Labute approximate surface area is 95.0 Å². The molecule has 0 saturated heterocycles. The number of ether oxygens (including phenoxy) is 1. The normalized spacial score (nSPS) is 9.80. The molecule has 0 radical (unpaired) electrons. The number of aromatic nitrogens is 2. The third-order valence-corrected chi connectivity index (χ3v) is 2.15. The molecule has 0 amide bonds. The van der Waals surface area contributed by atoms with Crippen LogP contribution < -0.4 is 9.64 Å². The Bertz CT molecular complexity index is 372. The highest BCUT2D eigenvalue weighted by molar-refractivity contribution is 9.10. The molecule has 7 heteroatoms. The van der Waals surface area contributed by atoms with Gasteiger partial charge in [0.1, 0.15) is 6.54 Å². The van der Waals surface area contributed by atoms with E-state index in [0.717, 1.165) is 0 Å². The lowest BCUT2D eigenvalue weighted by atomic mass is 10.5. The van der Waals surface area contributed by atoms with Crippen LogP contribution in [0.5, 0.6) is 5.88 Å². The summed E-state index contributed by atoms with van der Waals surface area (Å²) in [6, 6.07) is 0. The van der Waals surface area contributed by atoms with Gasteiger partial charge in [-0.3, -0.25) is 4.79 Å². The van der Waals surface area contributed by atoms with E-state index in [2.05, 4.69) is 25.9 Å². The number of nitrogens with zero attached hydrogens (tertiary/aromatic N) is 3. The monoisotopic (exact) mass is 275 g/mol. The quantitative estimate of drug-likeness (QED) is 0.875. The van der Waals surface area contributed by atoms with Crippen molar-refractivity contribution in [3.05, 3.63) is 10.7 Å². The maximum Gasteiger partial charge on any atom is 0.323 e. The highest BCUT2D eigenvalue weighted by atomic mass is 79.9. The Morgan fingerprint density at radius 2 is 2.40 bits per heavy atom. The predicted octanol–water partition coefficient (Wildman–Crippen LogP) is 0.768. The van der Waals surface area contributed by atoms with Crippen LogP contribution in [0, 0.1) is 0 Å². The Morgan fingerprint density at radius 3 is 2.93 bits per heavy atom. The molecular weight excluding hydrogens is 266 g/mol. The molecule has 0 aliphatic rings. The number of carbonyl (C=O) groups is 1. The summed E-state index contributed by atoms with van der Waals surface area (Å²) in [4.78, 5) is 19.9. The molecule has 1 aromatic heterocycles. The molecule has 0 unspecified atom stereocenters. The van der Waals surface area contributed by atoms with Crippen molar-refractivity contribution >= 4 is 27.8 Å². The third kappa shape index (κ3) is 3.05. The lowest BCUT2D eigenvalue weighted by Gasteiger charge is -2.14. The Kier molecular flexibility index (Phi) is 3.84. The fraction of sp³-hybridized carbons (Fsp3) is 0.375. The number of rotatable bonds is 4. The van der Waals surface area contributed by atoms with Gasteiger partial charge < -0.3 is 14.7 Å². The molecule has 6 nitrogen and oxygen atoms in total. The average Bonchev–Trinajstić information content (AvgIpc) is 2.17. The summed E-state index contributed by atoms with van der Waals surface area (Å²) in [5.41, 5.74) is 0. The summed E-state index contributed by atoms with van der Waals surface area (Å²) in [5, 5.41) is 8.59. The van der Waals surface area contributed by atoms with E-state index in [4.69, 9.17) is 9.84 Å². The number of hydrogen-bond acceptors (Lipinski definition) is 5. The van der Waals surface area contributed by atoms with Crippen LogP contribution in [0.2, 0.25) is 0 Å². The van der Waals surface area contributed by atoms with E-state index >= 15 is 0 Å². The summed E-state index contributed by atoms with van der Waals surface area (Å²) in [6.45, 7) is -0.162. The lowest BCUT2D eigenvalue weighted by Crippen LogP contribution is -2.26. The van der Waals surface area contributed by atoms with Gasteiger partial charge in [0, 0.05) is 7.05 Å². The first kappa shape index (κ1) is 11.7. The second kappa shape index (κ2) is 4.92. The topological polar surface area (TPSA) is 75.5 Å². The Hall–Kier alpha value is -1.37. The molecule has 0 aliphatic carbocycles. The largest absolute Gasteiger partial charge is 0.480 e. The second-order valence-corrected chi connectivity index (χ2v) is 3.63. The number of aliphatic carboxylic acids is 1. The second-order valence-electron chi connectivity index (χ2n) is 2.78. The summed E-state index contributed by atoms with van der Waals surface area (Å²) in [5.74, 6) is -0.266. The minimum absolute atomic E-state index is 0.162. The molecule has 15 heavy (non-hydrogen) atoms. The molecule has 0 spiro atoms. The summed E-state index contributed by atoms with van der Waals surface area (Å²) in [7, 11) is 3.07. The molecule has 1 N–H and O–H groups in total. The predicted molar refractivity (Wildman–Crippen MR) is 57.2 cm³/mol. The van der Waals surface area contributed by atoms with E-state index in [-0.39, 0.29) is 6.54 Å². The zero-order valence-corrected chi connectivity index (χ0v) is 9.85. The molecule has 1 rings (SSSR count). The van der Waals surface area contributed by atoms with E-state index < -0.39 is 5.97 Å². The number of carboxylic acid groups (broad SMARTS) is 1. The number of methoxy groups -OCH3 is 1. The van der Waals surface area contributed by atoms with Crippen LogP contribution in [0.15, 0.2) is 10.7 Å². The van der Waals surface area contributed by atoms with Crippen molar-refractivity contribution in [3.63, 3.8) is 0 Å². The molecule has 0 aromatic carbocycles. The van der Waals surface area contributed by atoms with Gasteiger partial charge in [0.25, 0.3) is 0 Å². The van der Waals surface area contributed by atoms with Crippen LogP contribution in [0.4, 0.5) is 5.95 Å². The van der Waals surface area contributed by atoms with Crippen molar-refractivity contribution in [2.75, 3.05) is 25.6 Å². The first-order valence-corrected chi connectivity index (χ1v) is 4.83. The van der Waals surface area contributed by atoms with Crippen molar-refractivity contribution in [1.82, 2.24) is 9.97 Å². The van der Waals surface area contributed by atoms with Gasteiger partial charge in [-0.1, -0.05) is 0 Å². The van der Waals surface area contributed by atoms with Crippen molar-refractivity contribution in [1.29, 1.82) is 0 Å². The van der Waals surface area contributed by atoms with Crippen LogP contribution in [0.25, 0.3) is 0 Å². The third-order valence-electron chi connectivity index (χ3n) is 1.61. The van der Waals surface area contributed by atoms with Gasteiger partial charge in [-0.15, -0.1) is 0 Å². The van der Waals surface area contributed by atoms with Gasteiger partial charge in [0.2, 0.25) is 11.8 Å². The highest BCUT2D eigenvalue weighted by Gasteiger charge is 2.11. The van der Waals surface area contributed by atoms with Crippen molar-refractivity contribution in [2.45, 2.75) is 0 Å². The van der Waals surface area contributed by atoms with Crippen molar-refractivity contribution in [2.24, 2.45) is 0 Å². The average molecular weight is 276 g/mol. The Morgan fingerprint density at radius 1 is 1.73 bits per heavy atom. The van der Waals surface area contributed by atoms with Crippen molar-refractivity contribution in [3.8, 4) is 5.88 Å². The van der Waals surface area contributed by atoms with Crippen molar-refractivity contribution < 1.29 is 14.6 Å². The molecule has 1 aromatic rings. The zero-order chi connectivity index (χ0) is 11.4. The first-order valence-electron chi connectivity index (χ1n) is 4.04. The molecular formula is C8H10BrN3O3. The maximum atomic E-state index is 10.5. The minimum Gasteiger partial charge on any atom is -0.480 e. The molecule has 82 valence electrons. The van der Waals surface area contributed by atoms with E-state index in [0.29, 0.717) is 16.3 Å². The smallest absolute Gasteiger partial charge is 0.323 e. The first-order chi connectivity index (χ1) is 7.04. The number of likely N-dealkylation sites (N-methyl/N-ethyl adjacent to an activating group) is 1. The molecule has 1 heterocycles. The van der Waals surface area contributed by atoms with Crippen LogP contribution in [-0.2, 0) is 4.79 Å². The summed E-state index contributed by atoms with van der Waals surface area (Å²) < 4.78 is 5.59. The van der Waals surface area contributed by atoms with E-state index in [1.165, 1.54) is 18.2 Å². The Balaban J connectivity index is 2.90. The number of hydrogen-bond donors (Lipinski definition) is 1. The summed E-state index contributed by atoms with van der Waals surface area (Å²) in [6.07, 6.45) is 1.51. The maximum absolute atomic E-state index is 10.5. The molecule has 0 atom stereocenters. The molecule has 0 saturated carbocycles. The van der Waals surface area contributed by atoms with Crippen LogP contribution >= 0.6 is 15.9 Å². The zero-order valence-electron chi connectivity index (χ0n) is 8.27. The number of anilines is 1. The van der Waals surface area contributed by atoms with Gasteiger partial charge in [-0.05, 0) is 15.9 Å². The molecule has 0 bridgehead atoms. The molecule has 0 aliphatic heterocycles. The van der Waals surface area contributed by atoms with Crippen LogP contribution in [0.3, 0.4) is 0 Å². The molecule has 0 fully saturated rings. The van der Waals surface area contributed by atoms with Crippen LogP contribution in [-0.4, -0.2) is 41.7 Å². The highest BCUT2D eigenvalue weighted by Crippen LogP contribution is 2.22. The van der Waals surface area contributed by atoms with Gasteiger partial charge in [0.15, 0.2) is 0 Å². The van der Waals surface area contributed by atoms with Crippen LogP contribution in [0.1, 0.15) is 0 Å².